The van der Waals surface area contributed by atoms with Crippen LogP contribution in [0.15, 0.2) is 66.0 Å². The van der Waals surface area contributed by atoms with E-state index in [4.69, 9.17) is 4.74 Å². The van der Waals surface area contributed by atoms with Gasteiger partial charge in [0.1, 0.15) is 0 Å². The first-order chi connectivity index (χ1) is 14.6. The summed E-state index contributed by atoms with van der Waals surface area (Å²) in [4.78, 5) is 41.0. The van der Waals surface area contributed by atoms with Crippen LogP contribution < -0.4 is 10.6 Å². The third kappa shape index (κ3) is 5.74. The molecule has 2 amide bonds. The molecule has 2 aromatic carbocycles. The fourth-order valence-electron chi connectivity index (χ4n) is 2.75. The molecule has 30 heavy (non-hydrogen) atoms. The Morgan fingerprint density at radius 3 is 2.37 bits per heavy atom. The third-order valence-corrected chi connectivity index (χ3v) is 4.93. The fraction of sp³-hybridized carbons (Fsp3) is 0.182. The number of benzene rings is 2. The number of nitrogens with zero attached hydrogens (tertiary/aromatic N) is 1. The molecular weight excluding hydrogens is 402 g/mol. The van der Waals surface area contributed by atoms with Gasteiger partial charge in [-0.1, -0.05) is 48.5 Å². The van der Waals surface area contributed by atoms with E-state index in [2.05, 4.69) is 15.6 Å². The number of nitrogens with one attached hydrogen (secondary N) is 2. The molecule has 3 aromatic rings. The van der Waals surface area contributed by atoms with Crippen molar-refractivity contribution in [3.8, 4) is 0 Å². The highest BCUT2D eigenvalue weighted by atomic mass is 32.1. The van der Waals surface area contributed by atoms with Gasteiger partial charge in [-0.2, -0.15) is 0 Å². The predicted octanol–water partition coefficient (Wildman–Crippen LogP) is 3.82. The summed E-state index contributed by atoms with van der Waals surface area (Å²) in [6.45, 7) is 1.96. The van der Waals surface area contributed by atoms with Crippen molar-refractivity contribution in [3.05, 3.63) is 82.9 Å². The van der Waals surface area contributed by atoms with Crippen LogP contribution in [0.1, 0.15) is 45.8 Å². The topological polar surface area (TPSA) is 97.4 Å². The zero-order valence-electron chi connectivity index (χ0n) is 16.3. The normalized spacial score (nSPS) is 11.4. The Morgan fingerprint density at radius 2 is 1.70 bits per heavy atom. The van der Waals surface area contributed by atoms with Crippen LogP contribution in [0.5, 0.6) is 0 Å². The number of thiazole rings is 1. The number of hydrogen-bond acceptors (Lipinski definition) is 6. The van der Waals surface area contributed by atoms with Crippen LogP contribution in [-0.2, 0) is 9.53 Å². The maximum absolute atomic E-state index is 12.6. The van der Waals surface area contributed by atoms with Gasteiger partial charge in [0.05, 0.1) is 19.1 Å². The van der Waals surface area contributed by atoms with E-state index in [9.17, 15) is 14.4 Å². The second-order valence-electron chi connectivity index (χ2n) is 6.31. The number of amides is 2. The van der Waals surface area contributed by atoms with Gasteiger partial charge in [0.2, 0.25) is 5.91 Å². The van der Waals surface area contributed by atoms with E-state index in [1.807, 2.05) is 36.4 Å². The third-order valence-electron chi connectivity index (χ3n) is 4.17. The highest BCUT2D eigenvalue weighted by molar-refractivity contribution is 7.14. The molecule has 0 saturated carbocycles. The molecule has 0 spiro atoms. The Balaban J connectivity index is 1.69. The van der Waals surface area contributed by atoms with E-state index in [0.717, 1.165) is 16.9 Å². The molecule has 8 heteroatoms. The molecule has 0 bridgehead atoms. The number of aromatic nitrogens is 1. The van der Waals surface area contributed by atoms with Crippen molar-refractivity contribution in [2.24, 2.45) is 0 Å². The van der Waals surface area contributed by atoms with Crippen molar-refractivity contribution in [1.82, 2.24) is 10.3 Å². The van der Waals surface area contributed by atoms with Crippen molar-refractivity contribution in [2.45, 2.75) is 19.4 Å². The Kier molecular flexibility index (Phi) is 7.29. The van der Waals surface area contributed by atoms with Crippen LogP contribution in [0.4, 0.5) is 5.13 Å². The lowest BCUT2D eigenvalue weighted by molar-refractivity contribution is -0.116. The molecule has 7 nitrogen and oxygen atoms in total. The van der Waals surface area contributed by atoms with Crippen LogP contribution in [-0.4, -0.2) is 29.4 Å². The van der Waals surface area contributed by atoms with Crippen LogP contribution in [0.25, 0.3) is 0 Å². The fourth-order valence-corrected chi connectivity index (χ4v) is 3.45. The van der Waals surface area contributed by atoms with E-state index < -0.39 is 12.0 Å². The van der Waals surface area contributed by atoms with Crippen molar-refractivity contribution in [3.63, 3.8) is 0 Å². The van der Waals surface area contributed by atoms with Crippen molar-refractivity contribution in [2.75, 3.05) is 11.9 Å². The summed E-state index contributed by atoms with van der Waals surface area (Å²) in [5.74, 6) is -1.13. The van der Waals surface area contributed by atoms with Crippen molar-refractivity contribution in [1.29, 1.82) is 0 Å². The standard InChI is InChI=1S/C22H21N3O4S/c1-2-29-21(28)18-14-30-22(24-18)25-19(26)13-17(15-9-5-3-6-10-15)23-20(27)16-11-7-4-8-12-16/h3-12,14,17H,2,13H2,1H3,(H,23,27)(H,24,25,26). The van der Waals surface area contributed by atoms with E-state index >= 15 is 0 Å². The van der Waals surface area contributed by atoms with Gasteiger partial charge < -0.3 is 15.4 Å². The summed E-state index contributed by atoms with van der Waals surface area (Å²) in [6.07, 6.45) is 0.0108. The number of ether oxygens (including phenoxy) is 1. The Bertz CT molecular complexity index is 1010. The van der Waals surface area contributed by atoms with Gasteiger partial charge in [-0.15, -0.1) is 11.3 Å². The van der Waals surface area contributed by atoms with Crippen LogP contribution in [0.3, 0.4) is 0 Å². The zero-order chi connectivity index (χ0) is 21.3. The molecule has 1 aromatic heterocycles. The quantitative estimate of drug-likeness (QED) is 0.537. The van der Waals surface area contributed by atoms with Gasteiger partial charge in [-0.05, 0) is 24.6 Å². The average Bonchev–Trinajstić information content (AvgIpc) is 3.23. The maximum Gasteiger partial charge on any atom is 0.357 e. The molecule has 0 saturated heterocycles. The number of carbonyl (C=O) groups is 3. The summed E-state index contributed by atoms with van der Waals surface area (Å²) in [5.41, 5.74) is 1.47. The Hall–Kier alpha value is -3.52. The van der Waals surface area contributed by atoms with Crippen molar-refractivity contribution >= 4 is 34.3 Å². The van der Waals surface area contributed by atoms with Gasteiger partial charge in [-0.3, -0.25) is 9.59 Å². The molecule has 154 valence electrons. The molecule has 0 fully saturated rings. The zero-order valence-corrected chi connectivity index (χ0v) is 17.1. The van der Waals surface area contributed by atoms with Crippen LogP contribution in [0, 0.1) is 0 Å². The first-order valence-electron chi connectivity index (χ1n) is 9.40. The Labute approximate surface area is 178 Å². The summed E-state index contributed by atoms with van der Waals surface area (Å²) in [5, 5.41) is 7.42. The number of hydrogen-bond donors (Lipinski definition) is 2. The largest absolute Gasteiger partial charge is 0.461 e. The predicted molar refractivity (Wildman–Crippen MR) is 114 cm³/mol. The summed E-state index contributed by atoms with van der Waals surface area (Å²) >= 11 is 1.13. The van der Waals surface area contributed by atoms with Crippen molar-refractivity contribution < 1.29 is 19.1 Å². The molecule has 0 aliphatic heterocycles. The second kappa shape index (κ2) is 10.3. The molecule has 1 heterocycles. The second-order valence-corrected chi connectivity index (χ2v) is 7.17. The average molecular weight is 423 g/mol. The number of carbonyl (C=O) groups excluding carboxylic acids is 3. The minimum absolute atomic E-state index is 0.0108. The van der Waals surface area contributed by atoms with Gasteiger partial charge in [-0.25, -0.2) is 9.78 Å². The molecule has 0 aliphatic carbocycles. The highest BCUT2D eigenvalue weighted by Crippen LogP contribution is 2.21. The van der Waals surface area contributed by atoms with Crippen LogP contribution >= 0.6 is 11.3 Å². The van der Waals surface area contributed by atoms with E-state index in [0.29, 0.717) is 10.7 Å². The molecule has 3 rings (SSSR count). The van der Waals surface area contributed by atoms with Gasteiger partial charge in [0.15, 0.2) is 10.8 Å². The number of rotatable bonds is 8. The SMILES string of the molecule is CCOC(=O)c1csc(NC(=O)CC(NC(=O)c2ccccc2)c2ccccc2)n1. The number of esters is 1. The molecule has 1 unspecified atom stereocenters. The molecule has 2 N–H and O–H groups in total. The molecule has 0 radical (unpaired) electrons. The molecule has 1 atom stereocenters. The minimum atomic E-state index is -0.536. The lowest BCUT2D eigenvalue weighted by Crippen LogP contribution is -2.31. The first-order valence-corrected chi connectivity index (χ1v) is 10.3. The summed E-state index contributed by atoms with van der Waals surface area (Å²) in [7, 11) is 0. The highest BCUT2D eigenvalue weighted by Gasteiger charge is 2.20. The lowest BCUT2D eigenvalue weighted by Gasteiger charge is -2.19. The Morgan fingerprint density at radius 1 is 1.03 bits per heavy atom. The van der Waals surface area contributed by atoms with E-state index in [-0.39, 0.29) is 30.5 Å². The first kappa shape index (κ1) is 21.2. The van der Waals surface area contributed by atoms with E-state index in [1.54, 1.807) is 31.2 Å². The van der Waals surface area contributed by atoms with E-state index in [1.165, 1.54) is 5.38 Å². The molecular formula is C22H21N3O4S. The van der Waals surface area contributed by atoms with Gasteiger partial charge in [0, 0.05) is 10.9 Å². The molecule has 0 aliphatic rings. The summed E-state index contributed by atoms with van der Waals surface area (Å²) < 4.78 is 4.90. The minimum Gasteiger partial charge on any atom is -0.461 e. The number of anilines is 1. The maximum atomic E-state index is 12.6. The smallest absolute Gasteiger partial charge is 0.357 e. The van der Waals surface area contributed by atoms with Gasteiger partial charge >= 0.3 is 5.97 Å². The lowest BCUT2D eigenvalue weighted by atomic mass is 10.0. The van der Waals surface area contributed by atoms with Crippen LogP contribution in [0.2, 0.25) is 0 Å². The van der Waals surface area contributed by atoms with Gasteiger partial charge in [0.25, 0.3) is 5.91 Å². The summed E-state index contributed by atoms with van der Waals surface area (Å²) in [6, 6.07) is 17.6. The monoisotopic (exact) mass is 423 g/mol.